The van der Waals surface area contributed by atoms with Gasteiger partial charge in [0.1, 0.15) is 18.1 Å². The van der Waals surface area contributed by atoms with Gasteiger partial charge in [-0.1, -0.05) is 41.5 Å². The van der Waals surface area contributed by atoms with E-state index in [9.17, 15) is 29.3 Å². The van der Waals surface area contributed by atoms with E-state index in [4.69, 9.17) is 5.73 Å². The highest BCUT2D eigenvalue weighted by Gasteiger charge is 2.31. The molecule has 0 bridgehead atoms. The van der Waals surface area contributed by atoms with Crippen LogP contribution in [0.2, 0.25) is 0 Å². The van der Waals surface area contributed by atoms with Gasteiger partial charge in [0, 0.05) is 17.8 Å². The number of hydrogen-bond donors (Lipinski definition) is 5. The van der Waals surface area contributed by atoms with Crippen molar-refractivity contribution in [2.45, 2.75) is 85.5 Å². The van der Waals surface area contributed by atoms with Gasteiger partial charge in [0.05, 0.1) is 11.0 Å². The Hall–Kier alpha value is -3.54. The highest BCUT2D eigenvalue weighted by atomic mass is 16.6. The third kappa shape index (κ3) is 10.8. The normalized spacial score (nSPS) is 14.4. The van der Waals surface area contributed by atoms with Crippen molar-refractivity contribution >= 4 is 35.0 Å². The first-order valence-electron chi connectivity index (χ1n) is 12.8. The van der Waals surface area contributed by atoms with E-state index in [1.54, 1.807) is 13.8 Å². The number of anilines is 1. The Balaban J connectivity index is 2.88. The molecule has 0 radical (unpaired) electrons. The minimum Gasteiger partial charge on any atom is -0.343 e. The number of carbonyl (C=O) groups is 4. The quantitative estimate of drug-likeness (QED) is 0.178. The summed E-state index contributed by atoms with van der Waals surface area (Å²) in [4.78, 5) is 61.6. The van der Waals surface area contributed by atoms with E-state index >= 15 is 0 Å². The zero-order chi connectivity index (χ0) is 29.2. The van der Waals surface area contributed by atoms with E-state index in [1.165, 1.54) is 31.2 Å². The molecule has 0 saturated heterocycles. The molecule has 0 aromatic heterocycles. The van der Waals surface area contributed by atoms with Crippen molar-refractivity contribution in [3.63, 3.8) is 0 Å². The number of non-ortho nitro benzene ring substituents is 1. The van der Waals surface area contributed by atoms with Gasteiger partial charge in [-0.3, -0.25) is 29.3 Å². The molecule has 1 aromatic rings. The number of nitrogens with one attached hydrogen (secondary N) is 4. The largest absolute Gasteiger partial charge is 0.343 e. The second-order valence-electron chi connectivity index (χ2n) is 10.7. The van der Waals surface area contributed by atoms with Crippen LogP contribution in [0.4, 0.5) is 11.4 Å². The van der Waals surface area contributed by atoms with Gasteiger partial charge >= 0.3 is 0 Å². The summed E-state index contributed by atoms with van der Waals surface area (Å²) in [5, 5.41) is 21.4. The minimum atomic E-state index is -0.959. The number of nitro benzene ring substituents is 1. The number of nitrogens with two attached hydrogens (primary N) is 1. The Bertz CT molecular complexity index is 979. The van der Waals surface area contributed by atoms with E-state index in [0.29, 0.717) is 18.5 Å². The molecule has 0 spiro atoms. The van der Waals surface area contributed by atoms with E-state index < -0.39 is 52.7 Å². The van der Waals surface area contributed by atoms with Crippen LogP contribution in [0.1, 0.15) is 61.3 Å². The van der Waals surface area contributed by atoms with Crippen LogP contribution in [0.15, 0.2) is 24.3 Å². The second kappa shape index (κ2) is 15.0. The van der Waals surface area contributed by atoms with E-state index in [1.807, 2.05) is 27.7 Å². The molecular weight excluding hydrogens is 492 g/mol. The molecule has 12 heteroatoms. The summed E-state index contributed by atoms with van der Waals surface area (Å²) in [5.74, 6) is -2.05. The summed E-state index contributed by atoms with van der Waals surface area (Å²) in [6, 6.07) is 1.73. The van der Waals surface area contributed by atoms with Gasteiger partial charge in [0.25, 0.3) is 5.69 Å². The fourth-order valence-corrected chi connectivity index (χ4v) is 3.67. The monoisotopic (exact) mass is 534 g/mol. The van der Waals surface area contributed by atoms with Crippen molar-refractivity contribution in [2.24, 2.45) is 23.5 Å². The first-order valence-corrected chi connectivity index (χ1v) is 12.8. The molecule has 212 valence electrons. The van der Waals surface area contributed by atoms with Crippen LogP contribution in [0.3, 0.4) is 0 Å². The Labute approximate surface area is 224 Å². The molecule has 38 heavy (non-hydrogen) atoms. The first-order chi connectivity index (χ1) is 17.6. The number of amides is 4. The van der Waals surface area contributed by atoms with Crippen LogP contribution in [0, 0.1) is 27.9 Å². The molecule has 1 rings (SSSR count). The fraction of sp³-hybridized carbons (Fsp3) is 0.615. The van der Waals surface area contributed by atoms with E-state index in [2.05, 4.69) is 21.3 Å². The summed E-state index contributed by atoms with van der Waals surface area (Å²) < 4.78 is 0. The number of benzene rings is 1. The highest BCUT2D eigenvalue weighted by Crippen LogP contribution is 2.16. The van der Waals surface area contributed by atoms with Gasteiger partial charge in [-0.25, -0.2) is 0 Å². The summed E-state index contributed by atoms with van der Waals surface area (Å²) in [6.45, 7) is 12.7. The maximum absolute atomic E-state index is 13.1. The average Bonchev–Trinajstić information content (AvgIpc) is 2.80. The van der Waals surface area contributed by atoms with Crippen LogP contribution in [-0.4, -0.2) is 52.7 Å². The van der Waals surface area contributed by atoms with Gasteiger partial charge in [0.15, 0.2) is 0 Å². The highest BCUT2D eigenvalue weighted by molar-refractivity contribution is 5.98. The Kier molecular flexibility index (Phi) is 12.8. The van der Waals surface area contributed by atoms with Crippen LogP contribution in [0.5, 0.6) is 0 Å². The Morgan fingerprint density at radius 1 is 0.789 bits per heavy atom. The number of carbonyl (C=O) groups excluding carboxylic acids is 4. The number of nitro groups is 1. The predicted octanol–water partition coefficient (Wildman–Crippen LogP) is 2.08. The van der Waals surface area contributed by atoms with Crippen molar-refractivity contribution in [3.8, 4) is 0 Å². The Morgan fingerprint density at radius 2 is 1.34 bits per heavy atom. The number of hydrogen-bond acceptors (Lipinski definition) is 7. The Morgan fingerprint density at radius 3 is 1.82 bits per heavy atom. The van der Waals surface area contributed by atoms with Crippen molar-refractivity contribution in [3.05, 3.63) is 34.4 Å². The molecule has 6 N–H and O–H groups in total. The van der Waals surface area contributed by atoms with Crippen molar-refractivity contribution in [1.29, 1.82) is 0 Å². The van der Waals surface area contributed by atoms with Crippen LogP contribution in [0.25, 0.3) is 0 Å². The molecule has 4 amide bonds. The summed E-state index contributed by atoms with van der Waals surface area (Å²) >= 11 is 0. The lowest BCUT2D eigenvalue weighted by molar-refractivity contribution is -0.384. The minimum absolute atomic E-state index is 0.0434. The average molecular weight is 535 g/mol. The summed E-state index contributed by atoms with van der Waals surface area (Å²) in [5.41, 5.74) is 6.18. The molecule has 0 aliphatic rings. The van der Waals surface area contributed by atoms with Gasteiger partial charge in [-0.15, -0.1) is 0 Å². The maximum atomic E-state index is 13.1. The molecule has 4 unspecified atom stereocenters. The first kappa shape index (κ1) is 32.5. The third-order valence-electron chi connectivity index (χ3n) is 5.75. The van der Waals surface area contributed by atoms with Crippen molar-refractivity contribution in [1.82, 2.24) is 16.0 Å². The van der Waals surface area contributed by atoms with Gasteiger partial charge in [-0.05, 0) is 49.7 Å². The van der Waals surface area contributed by atoms with E-state index in [0.717, 1.165) is 0 Å². The van der Waals surface area contributed by atoms with Crippen LogP contribution >= 0.6 is 0 Å². The van der Waals surface area contributed by atoms with Gasteiger partial charge in [-0.2, -0.15) is 0 Å². The number of rotatable bonds is 14. The molecule has 0 aliphatic heterocycles. The lowest BCUT2D eigenvalue weighted by atomic mass is 9.98. The standard InChI is InChI=1S/C26H42N6O6/c1-14(2)12-20(27)24(34)31-22(16(5)6)26(36)30-21(13-15(3)4)25(35)28-17(7)23(33)29-18-8-10-19(11-9-18)32(37)38/h8-11,14-17,20-22H,12-13,27H2,1-7H3,(H,28,35)(H,29,33)(H,30,36)(H,31,34). The maximum Gasteiger partial charge on any atom is 0.269 e. The summed E-state index contributed by atoms with van der Waals surface area (Å²) in [7, 11) is 0. The van der Waals surface area contributed by atoms with E-state index in [-0.39, 0.29) is 23.4 Å². The predicted molar refractivity (Wildman–Crippen MR) is 145 cm³/mol. The second-order valence-corrected chi connectivity index (χ2v) is 10.7. The van der Waals surface area contributed by atoms with Crippen molar-refractivity contribution in [2.75, 3.05) is 5.32 Å². The molecule has 0 aliphatic carbocycles. The summed E-state index contributed by atoms with van der Waals surface area (Å²) in [6.07, 6.45) is 0.774. The molecule has 12 nitrogen and oxygen atoms in total. The molecule has 4 atom stereocenters. The van der Waals surface area contributed by atoms with Gasteiger partial charge in [0.2, 0.25) is 23.6 Å². The SMILES string of the molecule is CC(C)CC(N)C(=O)NC(C(=O)NC(CC(C)C)C(=O)NC(C)C(=O)Nc1ccc([N+](=O)[O-])cc1)C(C)C. The van der Waals surface area contributed by atoms with Crippen LogP contribution < -0.4 is 27.0 Å². The zero-order valence-electron chi connectivity index (χ0n) is 23.2. The number of nitrogens with zero attached hydrogens (tertiary/aromatic N) is 1. The zero-order valence-corrected chi connectivity index (χ0v) is 23.2. The van der Waals surface area contributed by atoms with Crippen molar-refractivity contribution < 1.29 is 24.1 Å². The molecule has 0 fully saturated rings. The molecule has 0 heterocycles. The third-order valence-corrected chi connectivity index (χ3v) is 5.75. The van der Waals surface area contributed by atoms with Gasteiger partial charge < -0.3 is 27.0 Å². The topological polar surface area (TPSA) is 186 Å². The smallest absolute Gasteiger partial charge is 0.269 e. The van der Waals surface area contributed by atoms with Crippen LogP contribution in [-0.2, 0) is 19.2 Å². The fourth-order valence-electron chi connectivity index (χ4n) is 3.67. The molecule has 1 aromatic carbocycles. The lowest BCUT2D eigenvalue weighted by Gasteiger charge is -2.27. The molecular formula is C26H42N6O6. The lowest BCUT2D eigenvalue weighted by Crippen LogP contribution is -2.58. The molecule has 0 saturated carbocycles.